The number of nitriles is 1. The fourth-order valence-electron chi connectivity index (χ4n) is 3.43. The topological polar surface area (TPSA) is 77.0 Å². The molecule has 0 radical (unpaired) electrons. The van der Waals surface area contributed by atoms with Gasteiger partial charge in [0.2, 0.25) is 5.91 Å². The summed E-state index contributed by atoms with van der Waals surface area (Å²) in [6.45, 7) is 3.92. The summed E-state index contributed by atoms with van der Waals surface area (Å²) in [4.78, 5) is 29.2. The number of halogens is 1. The molecule has 1 amide bonds. The highest BCUT2D eigenvalue weighted by molar-refractivity contribution is 5.77. The summed E-state index contributed by atoms with van der Waals surface area (Å²) in [7, 11) is 0. The van der Waals surface area contributed by atoms with Gasteiger partial charge in [0.05, 0.1) is 0 Å². The van der Waals surface area contributed by atoms with Crippen molar-refractivity contribution in [2.75, 3.05) is 0 Å². The molecule has 3 rings (SSSR count). The molecule has 0 unspecified atom stereocenters. The number of hydrogen-bond acceptors (Lipinski definition) is 3. The summed E-state index contributed by atoms with van der Waals surface area (Å²) in [6, 6.07) is 8.47. The van der Waals surface area contributed by atoms with Crippen LogP contribution in [0.4, 0.5) is 4.39 Å². The predicted molar refractivity (Wildman–Crippen MR) is 99.5 cm³/mol. The van der Waals surface area contributed by atoms with E-state index >= 15 is 0 Å². The van der Waals surface area contributed by atoms with Gasteiger partial charge in [-0.15, -0.1) is 0 Å². The second-order valence-corrected chi connectivity index (χ2v) is 7.05. The molecule has 0 atom stereocenters. The Bertz CT molecular complexity index is 970. The van der Waals surface area contributed by atoms with E-state index in [4.69, 9.17) is 0 Å². The SMILES string of the molecule is Cc1[nH]c(=O)c(C#N)c(C)c1CCC(=O)N(Cc1cccc(F)c1)C1CC1. The van der Waals surface area contributed by atoms with Crippen LogP contribution in [0.3, 0.4) is 0 Å². The number of hydrogen-bond donors (Lipinski definition) is 1. The van der Waals surface area contributed by atoms with Gasteiger partial charge in [0.1, 0.15) is 17.4 Å². The number of aromatic amines is 1. The van der Waals surface area contributed by atoms with E-state index in [0.29, 0.717) is 24.2 Å². The van der Waals surface area contributed by atoms with Crippen molar-refractivity contribution in [2.24, 2.45) is 0 Å². The van der Waals surface area contributed by atoms with Crippen molar-refractivity contribution in [3.63, 3.8) is 0 Å². The Kier molecular flexibility index (Phi) is 5.41. The van der Waals surface area contributed by atoms with Crippen LogP contribution in [-0.2, 0) is 17.8 Å². The van der Waals surface area contributed by atoms with Crippen LogP contribution in [0, 0.1) is 31.0 Å². The standard InChI is InChI=1S/C21H22FN3O2/c1-13-18(14(2)24-21(27)19(13)11-23)8-9-20(26)25(17-6-7-17)12-15-4-3-5-16(22)10-15/h3-5,10,17H,6-9,12H2,1-2H3,(H,24,27). The molecule has 27 heavy (non-hydrogen) atoms. The minimum absolute atomic E-state index is 0.00488. The molecule has 1 aromatic carbocycles. The quantitative estimate of drug-likeness (QED) is 0.852. The summed E-state index contributed by atoms with van der Waals surface area (Å²) in [5, 5.41) is 9.17. The molecule has 1 aliphatic rings. The number of amides is 1. The lowest BCUT2D eigenvalue weighted by Gasteiger charge is -2.23. The minimum atomic E-state index is -0.395. The maximum absolute atomic E-state index is 13.4. The lowest BCUT2D eigenvalue weighted by molar-refractivity contribution is -0.132. The monoisotopic (exact) mass is 367 g/mol. The lowest BCUT2D eigenvalue weighted by Crippen LogP contribution is -2.33. The lowest BCUT2D eigenvalue weighted by atomic mass is 9.99. The van der Waals surface area contributed by atoms with E-state index in [2.05, 4.69) is 4.98 Å². The molecular weight excluding hydrogens is 345 g/mol. The van der Waals surface area contributed by atoms with Crippen molar-refractivity contribution in [1.82, 2.24) is 9.88 Å². The molecular formula is C21H22FN3O2. The Morgan fingerprint density at radius 2 is 2.11 bits per heavy atom. The Morgan fingerprint density at radius 1 is 1.37 bits per heavy atom. The minimum Gasteiger partial charge on any atom is -0.335 e. The van der Waals surface area contributed by atoms with E-state index in [-0.39, 0.29) is 29.8 Å². The van der Waals surface area contributed by atoms with E-state index in [9.17, 15) is 19.2 Å². The molecule has 1 aromatic heterocycles. The van der Waals surface area contributed by atoms with Crippen LogP contribution < -0.4 is 5.56 Å². The van der Waals surface area contributed by atoms with Crippen molar-refractivity contribution in [3.8, 4) is 6.07 Å². The molecule has 1 aliphatic carbocycles. The Labute approximate surface area is 157 Å². The number of nitrogens with zero attached hydrogens (tertiary/aromatic N) is 2. The molecule has 0 saturated heterocycles. The van der Waals surface area contributed by atoms with Crippen molar-refractivity contribution < 1.29 is 9.18 Å². The van der Waals surface area contributed by atoms with Gasteiger partial charge in [-0.25, -0.2) is 4.39 Å². The van der Waals surface area contributed by atoms with E-state index in [1.54, 1.807) is 19.9 Å². The van der Waals surface area contributed by atoms with Crippen LogP contribution in [0.1, 0.15) is 47.2 Å². The third-order valence-corrected chi connectivity index (χ3v) is 5.06. The maximum Gasteiger partial charge on any atom is 0.266 e. The normalized spacial score (nSPS) is 13.3. The number of pyridine rings is 1. The molecule has 1 saturated carbocycles. The van der Waals surface area contributed by atoms with Gasteiger partial charge in [0.25, 0.3) is 5.56 Å². The molecule has 0 aliphatic heterocycles. The van der Waals surface area contributed by atoms with Gasteiger partial charge in [-0.2, -0.15) is 5.26 Å². The average molecular weight is 367 g/mol. The molecule has 0 bridgehead atoms. The van der Waals surface area contributed by atoms with Gasteiger partial charge in [-0.3, -0.25) is 9.59 Å². The van der Waals surface area contributed by atoms with Gasteiger partial charge >= 0.3 is 0 Å². The van der Waals surface area contributed by atoms with Crippen molar-refractivity contribution in [1.29, 1.82) is 5.26 Å². The van der Waals surface area contributed by atoms with E-state index in [0.717, 1.165) is 24.0 Å². The smallest absolute Gasteiger partial charge is 0.266 e. The highest BCUT2D eigenvalue weighted by Gasteiger charge is 2.32. The van der Waals surface area contributed by atoms with E-state index in [1.807, 2.05) is 17.0 Å². The number of carbonyl (C=O) groups excluding carboxylic acids is 1. The zero-order chi connectivity index (χ0) is 19.6. The number of rotatable bonds is 6. The zero-order valence-corrected chi connectivity index (χ0v) is 15.5. The zero-order valence-electron chi connectivity index (χ0n) is 15.5. The van der Waals surface area contributed by atoms with Crippen LogP contribution in [0.15, 0.2) is 29.1 Å². The molecule has 140 valence electrons. The summed E-state index contributed by atoms with van der Waals surface area (Å²) in [5.74, 6) is -0.301. The fraction of sp³-hybridized carbons (Fsp3) is 0.381. The van der Waals surface area contributed by atoms with Crippen LogP contribution >= 0.6 is 0 Å². The highest BCUT2D eigenvalue weighted by atomic mass is 19.1. The Hall–Kier alpha value is -2.94. The van der Waals surface area contributed by atoms with Crippen LogP contribution in [0.2, 0.25) is 0 Å². The average Bonchev–Trinajstić information content (AvgIpc) is 3.44. The Balaban J connectivity index is 1.74. The van der Waals surface area contributed by atoms with Gasteiger partial charge in [-0.05, 0) is 61.9 Å². The third-order valence-electron chi connectivity index (χ3n) is 5.06. The molecule has 6 heteroatoms. The first-order valence-corrected chi connectivity index (χ1v) is 9.07. The molecule has 1 heterocycles. The number of H-pyrrole nitrogens is 1. The number of aromatic nitrogens is 1. The number of nitrogens with one attached hydrogen (secondary N) is 1. The van der Waals surface area contributed by atoms with Crippen molar-refractivity contribution >= 4 is 5.91 Å². The highest BCUT2D eigenvalue weighted by Crippen LogP contribution is 2.29. The first-order valence-electron chi connectivity index (χ1n) is 9.07. The van der Waals surface area contributed by atoms with Gasteiger partial charge < -0.3 is 9.88 Å². The van der Waals surface area contributed by atoms with Gasteiger partial charge in [0, 0.05) is 24.7 Å². The fourth-order valence-corrected chi connectivity index (χ4v) is 3.43. The maximum atomic E-state index is 13.4. The van der Waals surface area contributed by atoms with Gasteiger partial charge in [-0.1, -0.05) is 12.1 Å². The van der Waals surface area contributed by atoms with Crippen molar-refractivity contribution in [3.05, 3.63) is 68.4 Å². The first-order chi connectivity index (χ1) is 12.9. The van der Waals surface area contributed by atoms with E-state index < -0.39 is 5.56 Å². The number of benzene rings is 1. The molecule has 0 spiro atoms. The van der Waals surface area contributed by atoms with Gasteiger partial charge in [0.15, 0.2) is 0 Å². The summed E-state index contributed by atoms with van der Waals surface area (Å²) in [6.07, 6.45) is 2.67. The largest absolute Gasteiger partial charge is 0.335 e. The number of aryl methyl sites for hydroxylation is 1. The second kappa shape index (κ2) is 7.75. The summed E-state index contributed by atoms with van der Waals surface area (Å²) < 4.78 is 13.4. The number of carbonyl (C=O) groups is 1. The molecule has 1 fully saturated rings. The Morgan fingerprint density at radius 3 is 2.74 bits per heavy atom. The first kappa shape index (κ1) is 18.8. The summed E-state index contributed by atoms with van der Waals surface area (Å²) in [5.41, 5.74) is 2.64. The third kappa shape index (κ3) is 4.25. The summed E-state index contributed by atoms with van der Waals surface area (Å²) >= 11 is 0. The predicted octanol–water partition coefficient (Wildman–Crippen LogP) is 3.13. The van der Waals surface area contributed by atoms with Crippen LogP contribution in [0.25, 0.3) is 0 Å². The van der Waals surface area contributed by atoms with Crippen LogP contribution in [0.5, 0.6) is 0 Å². The molecule has 2 aromatic rings. The second-order valence-electron chi connectivity index (χ2n) is 7.05. The molecule has 1 N–H and O–H groups in total. The van der Waals surface area contributed by atoms with Crippen LogP contribution in [-0.4, -0.2) is 21.8 Å². The van der Waals surface area contributed by atoms with Crippen molar-refractivity contribution in [2.45, 2.75) is 52.1 Å². The van der Waals surface area contributed by atoms with E-state index in [1.165, 1.54) is 12.1 Å². The molecule has 5 nitrogen and oxygen atoms in total.